The Balaban J connectivity index is 2.03. The number of hydrogen-bond acceptors (Lipinski definition) is 5. The first-order valence-corrected chi connectivity index (χ1v) is 8.60. The number of nitrogens with zero attached hydrogens (tertiary/aromatic N) is 1. The number of aromatic hydroxyl groups is 1. The third-order valence-corrected chi connectivity index (χ3v) is 5.81. The van der Waals surface area contributed by atoms with E-state index in [4.69, 9.17) is 9.15 Å². The lowest BCUT2D eigenvalue weighted by molar-refractivity contribution is 0.410. The van der Waals surface area contributed by atoms with Crippen LogP contribution in [0, 0.1) is 0 Å². The van der Waals surface area contributed by atoms with Gasteiger partial charge in [-0.15, -0.1) is 0 Å². The summed E-state index contributed by atoms with van der Waals surface area (Å²) in [4.78, 5) is 25.1. The summed E-state index contributed by atoms with van der Waals surface area (Å²) < 4.78 is 12.4. The van der Waals surface area contributed by atoms with Crippen LogP contribution in [-0.4, -0.2) is 16.8 Å². The van der Waals surface area contributed by atoms with Gasteiger partial charge in [-0.3, -0.25) is 9.36 Å². The molecule has 3 heterocycles. The van der Waals surface area contributed by atoms with E-state index in [0.717, 1.165) is 47.2 Å². The minimum Gasteiger partial charge on any atom is -0.507 e. The molecule has 0 spiro atoms. The van der Waals surface area contributed by atoms with Crippen molar-refractivity contribution in [3.8, 4) is 17.2 Å². The van der Waals surface area contributed by atoms with Crippen molar-refractivity contribution in [1.29, 1.82) is 0 Å². The number of methoxy groups -OCH3 is 1. The van der Waals surface area contributed by atoms with E-state index in [1.54, 1.807) is 11.7 Å². The topological polar surface area (TPSA) is 81.7 Å². The average Bonchev–Trinajstić information content (AvgIpc) is 2.88. The Bertz CT molecular complexity index is 1220. The number of aromatic nitrogens is 1. The molecule has 0 radical (unpaired) electrons. The fraction of sp³-hybridized carbons (Fsp3) is 0.300. The molecular weight excluding hydrogens is 334 g/mol. The molecule has 0 saturated heterocycles. The van der Waals surface area contributed by atoms with Gasteiger partial charge in [-0.25, -0.2) is 4.79 Å². The Morgan fingerprint density at radius 1 is 1.27 bits per heavy atom. The lowest BCUT2D eigenvalue weighted by Gasteiger charge is -2.32. The molecule has 1 atom stereocenters. The van der Waals surface area contributed by atoms with Crippen molar-refractivity contribution in [2.24, 2.45) is 0 Å². The van der Waals surface area contributed by atoms with Crippen molar-refractivity contribution >= 4 is 11.0 Å². The van der Waals surface area contributed by atoms with E-state index in [9.17, 15) is 14.7 Å². The Hall–Kier alpha value is -3.02. The molecule has 1 aromatic carbocycles. The standard InChI is InChI=1S/C20H17NO5/c1-20-7-3-4-11-17-16(14(22)9-15(23)26-17)19(24)21(18(11)20)13-6-5-10(25-2)8-12(13)20/h5-6,8-9,22H,3-4,7H2,1-2H3/t20-/m0/s1. The van der Waals surface area contributed by atoms with E-state index in [0.29, 0.717) is 6.42 Å². The average molecular weight is 351 g/mol. The van der Waals surface area contributed by atoms with Gasteiger partial charge < -0.3 is 14.3 Å². The predicted molar refractivity (Wildman–Crippen MR) is 95.7 cm³/mol. The number of ether oxygens (including phenoxy) is 1. The third kappa shape index (κ3) is 1.66. The lowest BCUT2D eigenvalue weighted by Crippen LogP contribution is -2.31. The van der Waals surface area contributed by atoms with E-state index < -0.39 is 5.63 Å². The molecule has 6 nitrogen and oxygen atoms in total. The second-order valence-corrected chi connectivity index (χ2v) is 7.19. The third-order valence-electron chi connectivity index (χ3n) is 5.81. The van der Waals surface area contributed by atoms with Crippen molar-refractivity contribution in [3.05, 3.63) is 61.9 Å². The minimum absolute atomic E-state index is 0.0660. The smallest absolute Gasteiger partial charge is 0.339 e. The Labute approximate surface area is 148 Å². The molecule has 5 rings (SSSR count). The van der Waals surface area contributed by atoms with E-state index in [2.05, 4.69) is 6.92 Å². The molecule has 0 saturated carbocycles. The lowest BCUT2D eigenvalue weighted by atomic mass is 9.71. The summed E-state index contributed by atoms with van der Waals surface area (Å²) in [6.45, 7) is 2.11. The van der Waals surface area contributed by atoms with Gasteiger partial charge in [0.25, 0.3) is 5.56 Å². The minimum atomic E-state index is -0.653. The van der Waals surface area contributed by atoms with Gasteiger partial charge in [0, 0.05) is 16.7 Å². The van der Waals surface area contributed by atoms with Crippen LogP contribution in [0.4, 0.5) is 0 Å². The maximum atomic E-state index is 13.3. The molecule has 1 N–H and O–H groups in total. The van der Waals surface area contributed by atoms with Crippen molar-refractivity contribution < 1.29 is 14.3 Å². The number of rotatable bonds is 1. The predicted octanol–water partition coefficient (Wildman–Crippen LogP) is 2.61. The van der Waals surface area contributed by atoms with Crippen LogP contribution in [0.25, 0.3) is 16.7 Å². The van der Waals surface area contributed by atoms with Gasteiger partial charge in [0.05, 0.1) is 18.9 Å². The summed E-state index contributed by atoms with van der Waals surface area (Å²) in [6, 6.07) is 6.63. The zero-order valence-electron chi connectivity index (χ0n) is 14.5. The highest BCUT2D eigenvalue weighted by molar-refractivity contribution is 5.87. The molecule has 132 valence electrons. The Morgan fingerprint density at radius 2 is 2.08 bits per heavy atom. The van der Waals surface area contributed by atoms with Crippen molar-refractivity contribution in [2.45, 2.75) is 31.6 Å². The number of aryl methyl sites for hydroxylation is 1. The van der Waals surface area contributed by atoms with Gasteiger partial charge in [0.2, 0.25) is 0 Å². The van der Waals surface area contributed by atoms with Crippen LogP contribution in [0.15, 0.2) is 38.3 Å². The van der Waals surface area contributed by atoms with E-state index in [1.165, 1.54) is 0 Å². The zero-order valence-corrected chi connectivity index (χ0v) is 14.5. The van der Waals surface area contributed by atoms with E-state index in [-0.39, 0.29) is 27.7 Å². The maximum absolute atomic E-state index is 13.3. The highest BCUT2D eigenvalue weighted by Crippen LogP contribution is 2.51. The van der Waals surface area contributed by atoms with Gasteiger partial charge >= 0.3 is 5.63 Å². The molecule has 26 heavy (non-hydrogen) atoms. The van der Waals surface area contributed by atoms with Crippen molar-refractivity contribution in [2.75, 3.05) is 7.11 Å². The summed E-state index contributed by atoms with van der Waals surface area (Å²) in [5.41, 5.74) is 2.34. The summed E-state index contributed by atoms with van der Waals surface area (Å²) in [6.07, 6.45) is 2.47. The van der Waals surface area contributed by atoms with Crippen LogP contribution in [0.1, 0.15) is 36.6 Å². The molecule has 0 amide bonds. The zero-order chi connectivity index (χ0) is 18.2. The Kier molecular flexibility index (Phi) is 2.81. The van der Waals surface area contributed by atoms with Gasteiger partial charge in [-0.05, 0) is 49.9 Å². The van der Waals surface area contributed by atoms with Crippen LogP contribution in [0.3, 0.4) is 0 Å². The molecule has 6 heteroatoms. The largest absolute Gasteiger partial charge is 0.507 e. The summed E-state index contributed by atoms with van der Waals surface area (Å²) in [5.74, 6) is 0.402. The first-order valence-electron chi connectivity index (χ1n) is 8.60. The first-order chi connectivity index (χ1) is 12.5. The molecule has 1 aliphatic carbocycles. The van der Waals surface area contributed by atoms with Crippen molar-refractivity contribution in [1.82, 2.24) is 4.57 Å². The summed E-state index contributed by atoms with van der Waals surface area (Å²) in [7, 11) is 1.62. The van der Waals surface area contributed by atoms with Crippen LogP contribution in [0.5, 0.6) is 11.5 Å². The molecule has 2 aliphatic rings. The molecule has 0 unspecified atom stereocenters. The summed E-state index contributed by atoms with van der Waals surface area (Å²) >= 11 is 0. The Morgan fingerprint density at radius 3 is 2.85 bits per heavy atom. The quantitative estimate of drug-likeness (QED) is 0.729. The molecule has 3 aromatic rings. The number of hydrogen-bond donors (Lipinski definition) is 1. The van der Waals surface area contributed by atoms with Crippen LogP contribution < -0.4 is 15.9 Å². The fourth-order valence-electron chi connectivity index (χ4n) is 4.68. The fourth-order valence-corrected chi connectivity index (χ4v) is 4.68. The second-order valence-electron chi connectivity index (χ2n) is 7.19. The number of benzene rings is 1. The van der Waals surface area contributed by atoms with E-state index >= 15 is 0 Å². The van der Waals surface area contributed by atoms with Crippen LogP contribution >= 0.6 is 0 Å². The normalized spacial score (nSPS) is 20.1. The maximum Gasteiger partial charge on any atom is 0.339 e. The van der Waals surface area contributed by atoms with Crippen LogP contribution in [0.2, 0.25) is 0 Å². The van der Waals surface area contributed by atoms with Gasteiger partial charge in [0.1, 0.15) is 16.9 Å². The van der Waals surface area contributed by atoms with Crippen LogP contribution in [-0.2, 0) is 11.8 Å². The molecule has 0 bridgehead atoms. The SMILES string of the molecule is COc1ccc2c(c1)[C@]1(C)CCCc3c1n-2c(=O)c1c(O)cc(=O)oc31. The second kappa shape index (κ2) is 4.78. The van der Waals surface area contributed by atoms with Gasteiger partial charge in [-0.1, -0.05) is 0 Å². The number of fused-ring (bicyclic) bond motifs is 5. The van der Waals surface area contributed by atoms with E-state index in [1.807, 2.05) is 18.2 Å². The molecular formula is C20H17NO5. The monoisotopic (exact) mass is 351 g/mol. The summed E-state index contributed by atoms with van der Waals surface area (Å²) in [5, 5.41) is 10.3. The highest BCUT2D eigenvalue weighted by atomic mass is 16.5. The number of pyridine rings is 1. The molecule has 0 fully saturated rings. The first kappa shape index (κ1) is 15.3. The molecule has 1 aliphatic heterocycles. The molecule has 2 aromatic heterocycles. The van der Waals surface area contributed by atoms with Gasteiger partial charge in [-0.2, -0.15) is 0 Å². The van der Waals surface area contributed by atoms with Gasteiger partial charge in [0.15, 0.2) is 5.58 Å². The van der Waals surface area contributed by atoms with Crippen molar-refractivity contribution in [3.63, 3.8) is 0 Å². The highest BCUT2D eigenvalue weighted by Gasteiger charge is 2.45.